The molecule has 0 atom stereocenters. The predicted octanol–water partition coefficient (Wildman–Crippen LogP) is 3.98. The number of benzene rings is 2. The van der Waals surface area contributed by atoms with Crippen molar-refractivity contribution in [1.29, 1.82) is 0 Å². The summed E-state index contributed by atoms with van der Waals surface area (Å²) in [5.41, 5.74) is -0.217. The second-order valence-corrected chi connectivity index (χ2v) is 5.83. The van der Waals surface area contributed by atoms with Gasteiger partial charge >= 0.3 is 6.18 Å². The van der Waals surface area contributed by atoms with Crippen LogP contribution < -0.4 is 15.5 Å². The van der Waals surface area contributed by atoms with Gasteiger partial charge in [0.2, 0.25) is 5.91 Å². The number of nitrogens with one attached hydrogen (secondary N) is 2. The Hall–Kier alpha value is -3.03. The summed E-state index contributed by atoms with van der Waals surface area (Å²) in [7, 11) is 3.26. The SMILES string of the molecule is CC(=O)Nc1ccc(C(=O)Nc2ccc(N(C)C)cc2C(F)(F)F)cc1. The first-order valence-corrected chi connectivity index (χ1v) is 7.65. The van der Waals surface area contributed by atoms with Crippen molar-refractivity contribution in [2.45, 2.75) is 13.1 Å². The molecule has 26 heavy (non-hydrogen) atoms. The average molecular weight is 365 g/mol. The maximum absolute atomic E-state index is 13.3. The van der Waals surface area contributed by atoms with Crippen molar-refractivity contribution in [3.63, 3.8) is 0 Å². The molecule has 5 nitrogen and oxygen atoms in total. The van der Waals surface area contributed by atoms with Gasteiger partial charge in [0.15, 0.2) is 0 Å². The number of carbonyl (C=O) groups is 2. The first-order valence-electron chi connectivity index (χ1n) is 7.65. The molecule has 2 N–H and O–H groups in total. The van der Waals surface area contributed by atoms with E-state index in [-0.39, 0.29) is 17.2 Å². The second-order valence-electron chi connectivity index (χ2n) is 5.83. The fourth-order valence-corrected chi connectivity index (χ4v) is 2.26. The molecule has 0 aliphatic carbocycles. The predicted molar refractivity (Wildman–Crippen MR) is 94.5 cm³/mol. The Balaban J connectivity index is 2.27. The maximum atomic E-state index is 13.3. The highest BCUT2D eigenvalue weighted by Gasteiger charge is 2.34. The molecule has 0 saturated carbocycles. The number of rotatable bonds is 4. The third-order valence-electron chi connectivity index (χ3n) is 3.54. The topological polar surface area (TPSA) is 61.4 Å². The Kier molecular flexibility index (Phi) is 5.54. The van der Waals surface area contributed by atoms with Crippen molar-refractivity contribution < 1.29 is 22.8 Å². The van der Waals surface area contributed by atoms with Gasteiger partial charge in [-0.25, -0.2) is 0 Å². The van der Waals surface area contributed by atoms with Crippen molar-refractivity contribution >= 4 is 28.9 Å². The minimum absolute atomic E-state index is 0.170. The minimum atomic E-state index is -4.61. The fourth-order valence-electron chi connectivity index (χ4n) is 2.26. The molecular formula is C18H18F3N3O2. The first-order chi connectivity index (χ1) is 12.1. The summed E-state index contributed by atoms with van der Waals surface area (Å²) in [5, 5.41) is 4.84. The third-order valence-corrected chi connectivity index (χ3v) is 3.54. The van der Waals surface area contributed by atoms with Crippen LogP contribution in [0.2, 0.25) is 0 Å². The van der Waals surface area contributed by atoms with E-state index in [2.05, 4.69) is 10.6 Å². The summed E-state index contributed by atoms with van der Waals surface area (Å²) < 4.78 is 39.9. The van der Waals surface area contributed by atoms with Gasteiger partial charge in [-0.1, -0.05) is 0 Å². The van der Waals surface area contributed by atoms with E-state index >= 15 is 0 Å². The van der Waals surface area contributed by atoms with E-state index in [0.29, 0.717) is 11.4 Å². The molecule has 0 fully saturated rings. The number of alkyl halides is 3. The van der Waals surface area contributed by atoms with Crippen LogP contribution in [0.4, 0.5) is 30.2 Å². The van der Waals surface area contributed by atoms with Gasteiger partial charge in [-0.3, -0.25) is 9.59 Å². The number of anilines is 3. The Morgan fingerprint density at radius 1 is 0.962 bits per heavy atom. The lowest BCUT2D eigenvalue weighted by molar-refractivity contribution is -0.136. The molecule has 2 aromatic carbocycles. The summed E-state index contributed by atoms with van der Waals surface area (Å²) in [4.78, 5) is 24.8. The van der Waals surface area contributed by atoms with E-state index in [0.717, 1.165) is 6.07 Å². The molecule has 0 spiro atoms. The van der Waals surface area contributed by atoms with Gasteiger partial charge in [-0.15, -0.1) is 0 Å². The van der Waals surface area contributed by atoms with Gasteiger partial charge in [-0.05, 0) is 42.5 Å². The lowest BCUT2D eigenvalue weighted by atomic mass is 10.1. The molecule has 138 valence electrons. The number of carbonyl (C=O) groups excluding carboxylic acids is 2. The number of hydrogen-bond donors (Lipinski definition) is 2. The van der Waals surface area contributed by atoms with Crippen LogP contribution in [0, 0.1) is 0 Å². The van der Waals surface area contributed by atoms with E-state index in [1.165, 1.54) is 43.3 Å². The lowest BCUT2D eigenvalue weighted by Crippen LogP contribution is -2.18. The molecule has 0 aliphatic rings. The molecule has 8 heteroatoms. The number of hydrogen-bond acceptors (Lipinski definition) is 3. The average Bonchev–Trinajstić information content (AvgIpc) is 2.54. The van der Waals surface area contributed by atoms with Crippen LogP contribution in [0.3, 0.4) is 0 Å². The van der Waals surface area contributed by atoms with Gasteiger partial charge in [0.1, 0.15) is 0 Å². The second kappa shape index (κ2) is 7.47. The van der Waals surface area contributed by atoms with Crippen LogP contribution in [0.1, 0.15) is 22.8 Å². The molecule has 0 heterocycles. The van der Waals surface area contributed by atoms with Crippen molar-refractivity contribution in [2.75, 3.05) is 29.6 Å². The Morgan fingerprint density at radius 2 is 1.58 bits per heavy atom. The maximum Gasteiger partial charge on any atom is 0.418 e. The molecule has 0 aromatic heterocycles. The van der Waals surface area contributed by atoms with E-state index < -0.39 is 17.6 Å². The standard InChI is InChI=1S/C18H18F3N3O2/c1-11(25)22-13-6-4-12(5-7-13)17(26)23-16-9-8-14(24(2)3)10-15(16)18(19,20)21/h4-10H,1-3H3,(H,22,25)(H,23,26). The highest BCUT2D eigenvalue weighted by Crippen LogP contribution is 2.37. The van der Waals surface area contributed by atoms with Gasteiger partial charge in [0, 0.05) is 38.0 Å². The van der Waals surface area contributed by atoms with Crippen molar-refractivity contribution in [3.05, 3.63) is 53.6 Å². The van der Waals surface area contributed by atoms with E-state index in [1.807, 2.05) is 0 Å². The zero-order chi connectivity index (χ0) is 19.5. The molecular weight excluding hydrogens is 347 g/mol. The van der Waals surface area contributed by atoms with Crippen LogP contribution in [0.25, 0.3) is 0 Å². The highest BCUT2D eigenvalue weighted by molar-refractivity contribution is 6.05. The smallest absolute Gasteiger partial charge is 0.378 e. The molecule has 2 amide bonds. The lowest BCUT2D eigenvalue weighted by Gasteiger charge is -2.18. The molecule has 2 aromatic rings. The summed E-state index contributed by atoms with van der Waals surface area (Å²) in [5.74, 6) is -0.944. The van der Waals surface area contributed by atoms with Gasteiger partial charge in [0.25, 0.3) is 5.91 Å². The Morgan fingerprint density at radius 3 is 2.08 bits per heavy atom. The first kappa shape index (κ1) is 19.3. The highest BCUT2D eigenvalue weighted by atomic mass is 19.4. The van der Waals surface area contributed by atoms with Gasteiger partial charge in [-0.2, -0.15) is 13.2 Å². The van der Waals surface area contributed by atoms with Crippen molar-refractivity contribution in [2.24, 2.45) is 0 Å². The van der Waals surface area contributed by atoms with Crippen molar-refractivity contribution in [1.82, 2.24) is 0 Å². The molecule has 0 radical (unpaired) electrons. The van der Waals surface area contributed by atoms with E-state index in [9.17, 15) is 22.8 Å². The quantitative estimate of drug-likeness (QED) is 0.862. The number of amides is 2. The van der Waals surface area contributed by atoms with Crippen LogP contribution in [0.5, 0.6) is 0 Å². The summed E-state index contributed by atoms with van der Waals surface area (Å²) in [6.45, 7) is 1.34. The zero-order valence-electron chi connectivity index (χ0n) is 14.4. The Labute approximate surface area is 148 Å². The summed E-state index contributed by atoms with van der Waals surface area (Å²) in [6.07, 6.45) is -4.61. The van der Waals surface area contributed by atoms with Crippen LogP contribution in [-0.4, -0.2) is 25.9 Å². The Bertz CT molecular complexity index is 815. The largest absolute Gasteiger partial charge is 0.418 e. The monoisotopic (exact) mass is 365 g/mol. The van der Waals surface area contributed by atoms with Crippen LogP contribution in [0.15, 0.2) is 42.5 Å². The summed E-state index contributed by atoms with van der Waals surface area (Å²) >= 11 is 0. The van der Waals surface area contributed by atoms with Crippen LogP contribution >= 0.6 is 0 Å². The van der Waals surface area contributed by atoms with E-state index in [4.69, 9.17) is 0 Å². The number of nitrogens with zero attached hydrogens (tertiary/aromatic N) is 1. The molecule has 0 unspecified atom stereocenters. The van der Waals surface area contributed by atoms with Gasteiger partial charge in [0.05, 0.1) is 11.3 Å². The van der Waals surface area contributed by atoms with Crippen LogP contribution in [-0.2, 0) is 11.0 Å². The summed E-state index contributed by atoms with van der Waals surface area (Å²) in [6, 6.07) is 9.53. The fraction of sp³-hybridized carbons (Fsp3) is 0.222. The normalized spacial score (nSPS) is 11.0. The molecule has 0 aliphatic heterocycles. The molecule has 0 saturated heterocycles. The molecule has 0 bridgehead atoms. The third kappa shape index (κ3) is 4.75. The zero-order valence-corrected chi connectivity index (χ0v) is 14.4. The molecule has 2 rings (SSSR count). The van der Waals surface area contributed by atoms with E-state index in [1.54, 1.807) is 19.0 Å². The van der Waals surface area contributed by atoms with Crippen molar-refractivity contribution in [3.8, 4) is 0 Å². The minimum Gasteiger partial charge on any atom is -0.378 e. The van der Waals surface area contributed by atoms with Gasteiger partial charge < -0.3 is 15.5 Å². The number of halogens is 3.